The van der Waals surface area contributed by atoms with E-state index in [1.165, 1.54) is 11.3 Å². The number of carboxylic acid groups (broad SMARTS) is 1. The van der Waals surface area contributed by atoms with Crippen molar-refractivity contribution in [3.8, 4) is 0 Å². The van der Waals surface area contributed by atoms with E-state index in [0.717, 1.165) is 29.9 Å². The largest absolute Gasteiger partial charge is 0.478 e. The van der Waals surface area contributed by atoms with E-state index in [1.54, 1.807) is 0 Å². The van der Waals surface area contributed by atoms with Gasteiger partial charge in [0.05, 0.1) is 31.3 Å². The molecule has 6 nitrogen and oxygen atoms in total. The highest BCUT2D eigenvalue weighted by Crippen LogP contribution is 2.33. The number of aryl methyl sites for hydroxylation is 1. The molecule has 0 bridgehead atoms. The molecule has 1 fully saturated rings. The summed E-state index contributed by atoms with van der Waals surface area (Å²) in [6, 6.07) is 0. The van der Waals surface area contributed by atoms with Crippen molar-refractivity contribution in [1.82, 2.24) is 0 Å². The Kier molecular flexibility index (Phi) is 6.56. The summed E-state index contributed by atoms with van der Waals surface area (Å²) in [6.07, 6.45) is 3.03. The molecule has 0 aliphatic carbocycles. The normalized spacial score (nSPS) is 17.4. The molecule has 23 heavy (non-hydrogen) atoms. The van der Waals surface area contributed by atoms with Crippen molar-refractivity contribution in [1.29, 1.82) is 0 Å². The molecule has 7 heteroatoms. The third kappa shape index (κ3) is 4.76. The highest BCUT2D eigenvalue weighted by Gasteiger charge is 2.22. The average molecular weight is 341 g/mol. The fraction of sp³-hybridized carbons (Fsp3) is 0.625. The Labute approximate surface area is 139 Å². The van der Waals surface area contributed by atoms with Crippen LogP contribution in [0.4, 0.5) is 5.00 Å². The van der Waals surface area contributed by atoms with Gasteiger partial charge < -0.3 is 19.9 Å². The van der Waals surface area contributed by atoms with Crippen LogP contribution in [0.5, 0.6) is 0 Å². The number of thiophene rings is 1. The first-order valence-corrected chi connectivity index (χ1v) is 8.69. The molecule has 1 aliphatic heterocycles. The topological polar surface area (TPSA) is 84.9 Å². The summed E-state index contributed by atoms with van der Waals surface area (Å²) in [5, 5.41) is 12.5. The van der Waals surface area contributed by atoms with Crippen LogP contribution < -0.4 is 5.32 Å². The summed E-state index contributed by atoms with van der Waals surface area (Å²) in [5.74, 6) is -1.24. The lowest BCUT2D eigenvalue weighted by Crippen LogP contribution is -2.19. The Morgan fingerprint density at radius 2 is 2.26 bits per heavy atom. The third-order valence-corrected chi connectivity index (χ3v) is 4.89. The second-order valence-electron chi connectivity index (χ2n) is 5.51. The van der Waals surface area contributed by atoms with Crippen LogP contribution in [0, 0.1) is 6.92 Å². The summed E-state index contributed by atoms with van der Waals surface area (Å²) >= 11 is 1.31. The number of ether oxygens (including phenoxy) is 2. The fourth-order valence-corrected chi connectivity index (χ4v) is 3.82. The Balaban J connectivity index is 1.83. The molecule has 1 unspecified atom stereocenters. The number of hydrogen-bond donors (Lipinski definition) is 2. The number of carbonyl (C=O) groups excluding carboxylic acids is 1. The summed E-state index contributed by atoms with van der Waals surface area (Å²) in [6.45, 7) is 5.37. The van der Waals surface area contributed by atoms with E-state index in [-0.39, 0.29) is 24.0 Å². The maximum atomic E-state index is 12.0. The number of carboxylic acids is 1. The third-order valence-electron chi connectivity index (χ3n) is 3.83. The van der Waals surface area contributed by atoms with E-state index in [9.17, 15) is 14.7 Å². The van der Waals surface area contributed by atoms with Gasteiger partial charge in [-0.1, -0.05) is 6.92 Å². The van der Waals surface area contributed by atoms with Gasteiger partial charge in [-0.15, -0.1) is 11.3 Å². The molecule has 1 aromatic rings. The highest BCUT2D eigenvalue weighted by molar-refractivity contribution is 7.16. The predicted octanol–water partition coefficient (Wildman–Crippen LogP) is 2.84. The van der Waals surface area contributed by atoms with E-state index < -0.39 is 5.97 Å². The number of nitrogens with one attached hydrogen (secondary N) is 1. The minimum atomic E-state index is -1.00. The first-order valence-electron chi connectivity index (χ1n) is 7.87. The SMILES string of the molecule is CCc1c(C)sc(NC(=O)CCOCC2CCCO2)c1C(=O)O. The van der Waals surface area contributed by atoms with E-state index >= 15 is 0 Å². The lowest BCUT2D eigenvalue weighted by atomic mass is 10.1. The van der Waals surface area contributed by atoms with Crippen LogP contribution >= 0.6 is 11.3 Å². The van der Waals surface area contributed by atoms with Gasteiger partial charge in [0.1, 0.15) is 5.00 Å². The molecular formula is C16H23NO5S. The van der Waals surface area contributed by atoms with Gasteiger partial charge in [-0.2, -0.15) is 0 Å². The smallest absolute Gasteiger partial charge is 0.339 e. The minimum Gasteiger partial charge on any atom is -0.478 e. The predicted molar refractivity (Wildman–Crippen MR) is 88.4 cm³/mol. The van der Waals surface area contributed by atoms with Gasteiger partial charge in [-0.3, -0.25) is 4.79 Å². The van der Waals surface area contributed by atoms with Crippen LogP contribution in [0.2, 0.25) is 0 Å². The van der Waals surface area contributed by atoms with Crippen molar-refractivity contribution >= 4 is 28.2 Å². The maximum Gasteiger partial charge on any atom is 0.339 e. The molecule has 1 amide bonds. The Bertz CT molecular complexity index is 563. The zero-order chi connectivity index (χ0) is 16.8. The lowest BCUT2D eigenvalue weighted by Gasteiger charge is -2.10. The Morgan fingerprint density at radius 1 is 1.48 bits per heavy atom. The number of rotatable bonds is 8. The van der Waals surface area contributed by atoms with Crippen molar-refractivity contribution in [3.05, 3.63) is 16.0 Å². The molecular weight excluding hydrogens is 318 g/mol. The number of anilines is 1. The van der Waals surface area contributed by atoms with Crippen LogP contribution in [0.25, 0.3) is 0 Å². The van der Waals surface area contributed by atoms with Crippen molar-refractivity contribution in [3.63, 3.8) is 0 Å². The maximum absolute atomic E-state index is 12.0. The molecule has 1 aliphatic rings. The second kappa shape index (κ2) is 8.42. The van der Waals surface area contributed by atoms with Crippen LogP contribution in [-0.2, 0) is 20.7 Å². The first kappa shape index (κ1) is 17.9. The second-order valence-corrected chi connectivity index (χ2v) is 6.73. The monoisotopic (exact) mass is 341 g/mol. The van der Waals surface area contributed by atoms with Crippen molar-refractivity contribution in [2.75, 3.05) is 25.1 Å². The van der Waals surface area contributed by atoms with E-state index in [0.29, 0.717) is 24.6 Å². The summed E-state index contributed by atoms with van der Waals surface area (Å²) in [4.78, 5) is 24.3. The molecule has 2 rings (SSSR count). The molecule has 0 saturated carbocycles. The van der Waals surface area contributed by atoms with E-state index in [4.69, 9.17) is 9.47 Å². The number of aromatic carboxylic acids is 1. The van der Waals surface area contributed by atoms with Gasteiger partial charge in [0.25, 0.3) is 0 Å². The Hall–Kier alpha value is -1.44. The minimum absolute atomic E-state index is 0.142. The number of amides is 1. The van der Waals surface area contributed by atoms with Gasteiger partial charge in [0.15, 0.2) is 0 Å². The number of carbonyl (C=O) groups is 2. The molecule has 2 heterocycles. The average Bonchev–Trinajstić information content (AvgIpc) is 3.11. The van der Waals surface area contributed by atoms with Crippen molar-refractivity contribution < 1.29 is 24.2 Å². The molecule has 0 radical (unpaired) electrons. The van der Waals surface area contributed by atoms with Crippen LogP contribution in [0.15, 0.2) is 0 Å². The van der Waals surface area contributed by atoms with Crippen LogP contribution in [0.1, 0.15) is 47.0 Å². The van der Waals surface area contributed by atoms with Crippen molar-refractivity contribution in [2.24, 2.45) is 0 Å². The molecule has 1 aromatic heterocycles. The summed E-state index contributed by atoms with van der Waals surface area (Å²) in [5.41, 5.74) is 0.996. The van der Waals surface area contributed by atoms with Crippen LogP contribution in [-0.4, -0.2) is 42.9 Å². The lowest BCUT2D eigenvalue weighted by molar-refractivity contribution is -0.117. The molecule has 1 atom stereocenters. The van der Waals surface area contributed by atoms with Gasteiger partial charge in [0, 0.05) is 11.5 Å². The van der Waals surface area contributed by atoms with Crippen molar-refractivity contribution in [2.45, 2.75) is 45.6 Å². The van der Waals surface area contributed by atoms with E-state index in [1.807, 2.05) is 13.8 Å². The van der Waals surface area contributed by atoms with Gasteiger partial charge in [-0.05, 0) is 31.7 Å². The molecule has 0 aromatic carbocycles. The van der Waals surface area contributed by atoms with Gasteiger partial charge in [0.2, 0.25) is 5.91 Å². The first-order chi connectivity index (χ1) is 11.0. The standard InChI is InChI=1S/C16H23NO5S/c1-3-12-10(2)23-15(14(12)16(19)20)17-13(18)6-8-21-9-11-5-4-7-22-11/h11H,3-9H2,1-2H3,(H,17,18)(H,19,20). The van der Waals surface area contributed by atoms with E-state index in [2.05, 4.69) is 5.32 Å². The molecule has 1 saturated heterocycles. The molecule has 128 valence electrons. The van der Waals surface area contributed by atoms with Gasteiger partial charge >= 0.3 is 5.97 Å². The highest BCUT2D eigenvalue weighted by atomic mass is 32.1. The quantitative estimate of drug-likeness (QED) is 0.710. The number of hydrogen-bond acceptors (Lipinski definition) is 5. The zero-order valence-corrected chi connectivity index (χ0v) is 14.3. The zero-order valence-electron chi connectivity index (χ0n) is 13.5. The van der Waals surface area contributed by atoms with Crippen LogP contribution in [0.3, 0.4) is 0 Å². The Morgan fingerprint density at radius 3 is 2.87 bits per heavy atom. The molecule has 0 spiro atoms. The van der Waals surface area contributed by atoms with Gasteiger partial charge in [-0.25, -0.2) is 4.79 Å². The summed E-state index contributed by atoms with van der Waals surface area (Å²) in [7, 11) is 0. The fourth-order valence-electron chi connectivity index (χ4n) is 2.66. The molecule has 2 N–H and O–H groups in total. The summed E-state index contributed by atoms with van der Waals surface area (Å²) < 4.78 is 10.9.